The Morgan fingerprint density at radius 2 is 1.94 bits per heavy atom. The molecule has 1 aromatic carbocycles. The van der Waals surface area contributed by atoms with Crippen molar-refractivity contribution < 1.29 is 4.79 Å². The van der Waals surface area contributed by atoms with Crippen LogP contribution in [-0.4, -0.2) is 10.8 Å². The number of rotatable bonds is 3. The molecule has 86 valence electrons. The quantitative estimate of drug-likeness (QED) is 0.775. The van der Waals surface area contributed by atoms with Gasteiger partial charge in [-0.1, -0.05) is 35.9 Å². The minimum absolute atomic E-state index is 0.0122. The third kappa shape index (κ3) is 2.92. The highest BCUT2D eigenvalue weighted by atomic mass is 35.5. The highest BCUT2D eigenvalue weighted by molar-refractivity contribution is 6.31. The Morgan fingerprint density at radius 3 is 2.65 bits per heavy atom. The number of hydrogen-bond donors (Lipinski definition) is 0. The average molecular weight is 246 g/mol. The summed E-state index contributed by atoms with van der Waals surface area (Å²) < 4.78 is 0. The Morgan fingerprint density at radius 1 is 1.18 bits per heavy atom. The lowest BCUT2D eigenvalue weighted by atomic mass is 10.1. The normalized spacial score (nSPS) is 10.2. The number of aryl methyl sites for hydroxylation is 1. The molecule has 0 spiro atoms. The number of carbonyl (C=O) groups is 1. The van der Waals surface area contributed by atoms with E-state index in [1.54, 1.807) is 12.1 Å². The standard InChI is InChI=1S/C14H12ClNO/c1-10-5-4-8-13(16-10)14(17)9-11-6-2-3-7-12(11)15/h2-8H,9H2,1H3. The SMILES string of the molecule is Cc1cccc(C(=O)Cc2ccccc2Cl)n1. The molecule has 2 rings (SSSR count). The van der Waals surface area contributed by atoms with Crippen LogP contribution in [0.3, 0.4) is 0 Å². The molecule has 2 nitrogen and oxygen atoms in total. The summed E-state index contributed by atoms with van der Waals surface area (Å²) in [6, 6.07) is 12.8. The second-order valence-electron chi connectivity index (χ2n) is 3.86. The van der Waals surface area contributed by atoms with Crippen LogP contribution in [0.4, 0.5) is 0 Å². The van der Waals surface area contributed by atoms with Crippen molar-refractivity contribution >= 4 is 17.4 Å². The summed E-state index contributed by atoms with van der Waals surface area (Å²) in [5.74, 6) is -0.0122. The van der Waals surface area contributed by atoms with Gasteiger partial charge < -0.3 is 0 Å². The zero-order chi connectivity index (χ0) is 12.3. The van der Waals surface area contributed by atoms with Crippen LogP contribution in [0.15, 0.2) is 42.5 Å². The number of hydrogen-bond acceptors (Lipinski definition) is 2. The fraction of sp³-hybridized carbons (Fsp3) is 0.143. The first kappa shape index (κ1) is 11.8. The maximum Gasteiger partial charge on any atom is 0.185 e. The van der Waals surface area contributed by atoms with E-state index < -0.39 is 0 Å². The first-order valence-corrected chi connectivity index (χ1v) is 5.75. The molecule has 17 heavy (non-hydrogen) atoms. The molecule has 2 aromatic rings. The molecule has 0 bridgehead atoms. The number of halogens is 1. The molecule has 0 saturated carbocycles. The summed E-state index contributed by atoms with van der Waals surface area (Å²) >= 11 is 6.01. The molecule has 0 unspecified atom stereocenters. The van der Waals surface area contributed by atoms with Gasteiger partial charge in [-0.3, -0.25) is 9.78 Å². The van der Waals surface area contributed by atoms with Gasteiger partial charge in [-0.15, -0.1) is 0 Å². The first-order chi connectivity index (χ1) is 8.16. The highest BCUT2D eigenvalue weighted by Gasteiger charge is 2.10. The van der Waals surface area contributed by atoms with Crippen LogP contribution in [-0.2, 0) is 6.42 Å². The molecule has 3 heteroatoms. The van der Waals surface area contributed by atoms with E-state index in [1.165, 1.54) is 0 Å². The molecule has 1 aromatic heterocycles. The minimum Gasteiger partial charge on any atom is -0.292 e. The summed E-state index contributed by atoms with van der Waals surface area (Å²) in [4.78, 5) is 16.2. The number of ketones is 1. The van der Waals surface area contributed by atoms with E-state index in [2.05, 4.69) is 4.98 Å². The molecule has 0 atom stereocenters. The lowest BCUT2D eigenvalue weighted by molar-refractivity contribution is 0.0988. The van der Waals surface area contributed by atoms with Crippen molar-refractivity contribution in [3.05, 3.63) is 64.4 Å². The van der Waals surface area contributed by atoms with Crippen molar-refractivity contribution in [2.75, 3.05) is 0 Å². The number of benzene rings is 1. The minimum atomic E-state index is -0.0122. The number of pyridine rings is 1. The zero-order valence-electron chi connectivity index (χ0n) is 9.48. The highest BCUT2D eigenvalue weighted by Crippen LogP contribution is 2.16. The van der Waals surface area contributed by atoms with Crippen LogP contribution in [0.2, 0.25) is 5.02 Å². The predicted molar refractivity (Wildman–Crippen MR) is 68.5 cm³/mol. The lowest BCUT2D eigenvalue weighted by Gasteiger charge is -2.03. The number of carbonyl (C=O) groups excluding carboxylic acids is 1. The second-order valence-corrected chi connectivity index (χ2v) is 4.26. The topological polar surface area (TPSA) is 30.0 Å². The largest absolute Gasteiger partial charge is 0.292 e. The van der Waals surface area contributed by atoms with E-state index in [-0.39, 0.29) is 12.2 Å². The van der Waals surface area contributed by atoms with Gasteiger partial charge in [0.1, 0.15) is 5.69 Å². The Kier molecular flexibility index (Phi) is 3.55. The molecule has 1 heterocycles. The third-order valence-corrected chi connectivity index (χ3v) is 2.85. The second kappa shape index (κ2) is 5.11. The van der Waals surface area contributed by atoms with Gasteiger partial charge in [0, 0.05) is 17.1 Å². The van der Waals surface area contributed by atoms with Crippen LogP contribution in [0.1, 0.15) is 21.7 Å². The fourth-order valence-corrected chi connectivity index (χ4v) is 1.81. The summed E-state index contributed by atoms with van der Waals surface area (Å²) in [6.07, 6.45) is 0.288. The molecule has 0 N–H and O–H groups in total. The van der Waals surface area contributed by atoms with Gasteiger partial charge in [0.05, 0.1) is 0 Å². The number of Topliss-reactive ketones (excluding diaryl/α,β-unsaturated/α-hetero) is 1. The third-order valence-electron chi connectivity index (χ3n) is 2.48. The summed E-state index contributed by atoms with van der Waals surface area (Å²) in [5.41, 5.74) is 2.17. The predicted octanol–water partition coefficient (Wildman–Crippen LogP) is 3.47. The van der Waals surface area contributed by atoms with Gasteiger partial charge in [0.25, 0.3) is 0 Å². The first-order valence-electron chi connectivity index (χ1n) is 5.37. The zero-order valence-corrected chi connectivity index (χ0v) is 10.2. The van der Waals surface area contributed by atoms with Crippen LogP contribution in [0.5, 0.6) is 0 Å². The van der Waals surface area contributed by atoms with E-state index in [1.807, 2.05) is 37.3 Å². The van der Waals surface area contributed by atoms with Crippen molar-refractivity contribution in [1.82, 2.24) is 4.98 Å². The van der Waals surface area contributed by atoms with Gasteiger partial charge in [-0.25, -0.2) is 0 Å². The molecule has 0 fully saturated rings. The van der Waals surface area contributed by atoms with E-state index in [4.69, 9.17) is 11.6 Å². The van der Waals surface area contributed by atoms with E-state index in [9.17, 15) is 4.79 Å². The lowest BCUT2D eigenvalue weighted by Crippen LogP contribution is -2.06. The van der Waals surface area contributed by atoms with Crippen LogP contribution in [0, 0.1) is 6.92 Å². The molecule has 0 aliphatic carbocycles. The van der Waals surface area contributed by atoms with Crippen molar-refractivity contribution in [2.45, 2.75) is 13.3 Å². The Balaban J connectivity index is 2.20. The Bertz CT molecular complexity index is 551. The molecule has 0 aliphatic rings. The molecule has 0 saturated heterocycles. The van der Waals surface area contributed by atoms with Gasteiger partial charge in [-0.05, 0) is 30.7 Å². The summed E-state index contributed by atoms with van der Waals surface area (Å²) in [5, 5.41) is 0.619. The van der Waals surface area contributed by atoms with Crippen molar-refractivity contribution in [1.29, 1.82) is 0 Å². The average Bonchev–Trinajstić information content (AvgIpc) is 2.32. The maximum absolute atomic E-state index is 12.0. The van der Waals surface area contributed by atoms with E-state index >= 15 is 0 Å². The van der Waals surface area contributed by atoms with Crippen LogP contribution < -0.4 is 0 Å². The summed E-state index contributed by atoms with van der Waals surface area (Å²) in [6.45, 7) is 1.87. The number of aromatic nitrogens is 1. The van der Waals surface area contributed by atoms with Gasteiger partial charge in [-0.2, -0.15) is 0 Å². The Hall–Kier alpha value is -1.67. The van der Waals surface area contributed by atoms with Crippen molar-refractivity contribution in [3.8, 4) is 0 Å². The van der Waals surface area contributed by atoms with Crippen molar-refractivity contribution in [3.63, 3.8) is 0 Å². The van der Waals surface area contributed by atoms with Gasteiger partial charge in [0.15, 0.2) is 5.78 Å². The Labute approximate surface area is 105 Å². The van der Waals surface area contributed by atoms with Crippen molar-refractivity contribution in [2.24, 2.45) is 0 Å². The van der Waals surface area contributed by atoms with Crippen LogP contribution >= 0.6 is 11.6 Å². The summed E-state index contributed by atoms with van der Waals surface area (Å²) in [7, 11) is 0. The van der Waals surface area contributed by atoms with Crippen LogP contribution in [0.25, 0.3) is 0 Å². The van der Waals surface area contributed by atoms with Gasteiger partial charge >= 0.3 is 0 Å². The molecular formula is C14H12ClNO. The maximum atomic E-state index is 12.0. The monoisotopic (exact) mass is 245 g/mol. The van der Waals surface area contributed by atoms with Gasteiger partial charge in [0.2, 0.25) is 0 Å². The van der Waals surface area contributed by atoms with E-state index in [0.29, 0.717) is 10.7 Å². The number of nitrogens with zero attached hydrogens (tertiary/aromatic N) is 1. The molecule has 0 amide bonds. The molecule has 0 aliphatic heterocycles. The fourth-order valence-electron chi connectivity index (χ4n) is 1.60. The molecular weight excluding hydrogens is 234 g/mol. The van der Waals surface area contributed by atoms with E-state index in [0.717, 1.165) is 11.3 Å². The molecule has 0 radical (unpaired) electrons. The smallest absolute Gasteiger partial charge is 0.185 e.